The van der Waals surface area contributed by atoms with Crippen molar-refractivity contribution in [3.8, 4) is 0 Å². The molecular formula is C17H23NO5. The lowest BCUT2D eigenvalue weighted by atomic mass is 10.1. The van der Waals surface area contributed by atoms with Crippen LogP contribution in [-0.4, -0.2) is 46.4 Å². The van der Waals surface area contributed by atoms with Crippen molar-refractivity contribution < 1.29 is 24.2 Å². The zero-order valence-electron chi connectivity index (χ0n) is 13.7. The van der Waals surface area contributed by atoms with Crippen LogP contribution in [-0.2, 0) is 20.9 Å². The summed E-state index contributed by atoms with van der Waals surface area (Å²) in [6.07, 6.45) is -1.21. The molecule has 1 aromatic carbocycles. The summed E-state index contributed by atoms with van der Waals surface area (Å²) in [5.41, 5.74) is 0.207. The summed E-state index contributed by atoms with van der Waals surface area (Å²) in [6, 6.07) is 8.46. The van der Waals surface area contributed by atoms with E-state index < -0.39 is 29.8 Å². The predicted octanol–water partition coefficient (Wildman–Crippen LogP) is 2.10. The Kier molecular flexibility index (Phi) is 5.26. The summed E-state index contributed by atoms with van der Waals surface area (Å²) >= 11 is 0. The van der Waals surface area contributed by atoms with Crippen molar-refractivity contribution in [2.45, 2.75) is 51.5 Å². The van der Waals surface area contributed by atoms with Crippen LogP contribution < -0.4 is 0 Å². The monoisotopic (exact) mass is 321 g/mol. The van der Waals surface area contributed by atoms with Gasteiger partial charge in [-0.2, -0.15) is 0 Å². The van der Waals surface area contributed by atoms with Crippen LogP contribution in [0.1, 0.15) is 32.8 Å². The molecule has 6 nitrogen and oxygen atoms in total. The summed E-state index contributed by atoms with van der Waals surface area (Å²) in [5, 5.41) is 9.79. The Morgan fingerprint density at radius 3 is 2.52 bits per heavy atom. The minimum atomic E-state index is -0.813. The molecule has 2 rings (SSSR count). The number of hydrogen-bond acceptors (Lipinski definition) is 5. The molecule has 1 aliphatic heterocycles. The summed E-state index contributed by atoms with van der Waals surface area (Å²) in [6.45, 7) is 5.46. The molecule has 1 aliphatic rings. The Balaban J connectivity index is 1.98. The molecule has 0 spiro atoms. The Labute approximate surface area is 136 Å². The first-order chi connectivity index (χ1) is 10.8. The van der Waals surface area contributed by atoms with Crippen LogP contribution >= 0.6 is 0 Å². The van der Waals surface area contributed by atoms with Gasteiger partial charge in [-0.05, 0) is 26.3 Å². The number of β-amino-alcohol motifs (C(OH)–C–C–N with tert-alkyl or cyclic N) is 1. The molecule has 0 radical (unpaired) electrons. The minimum Gasteiger partial charge on any atom is -0.458 e. The van der Waals surface area contributed by atoms with Crippen LogP contribution in [0.25, 0.3) is 0 Å². The lowest BCUT2D eigenvalue weighted by Gasteiger charge is -2.26. The van der Waals surface area contributed by atoms with Gasteiger partial charge in [-0.25, -0.2) is 9.59 Å². The van der Waals surface area contributed by atoms with Gasteiger partial charge in [0, 0.05) is 6.42 Å². The van der Waals surface area contributed by atoms with Crippen molar-refractivity contribution in [3.63, 3.8) is 0 Å². The summed E-state index contributed by atoms with van der Waals surface area (Å²) in [4.78, 5) is 25.7. The Morgan fingerprint density at radius 2 is 1.91 bits per heavy atom. The molecule has 1 saturated heterocycles. The SMILES string of the molecule is CC(C)(C)OC(=O)[C@@H]1C[C@@H](O)CN1C(=O)OCc1ccccc1. The molecule has 0 unspecified atom stereocenters. The van der Waals surface area contributed by atoms with E-state index >= 15 is 0 Å². The molecule has 0 bridgehead atoms. The van der Waals surface area contributed by atoms with Crippen LogP contribution in [0, 0.1) is 0 Å². The number of carbonyl (C=O) groups excluding carboxylic acids is 2. The highest BCUT2D eigenvalue weighted by atomic mass is 16.6. The number of nitrogens with zero attached hydrogens (tertiary/aromatic N) is 1. The number of aliphatic hydroxyl groups is 1. The largest absolute Gasteiger partial charge is 0.458 e. The number of esters is 1. The second kappa shape index (κ2) is 7.00. The number of hydrogen-bond donors (Lipinski definition) is 1. The van der Waals surface area contributed by atoms with Crippen molar-refractivity contribution in [2.75, 3.05) is 6.54 Å². The van der Waals surface area contributed by atoms with E-state index in [-0.39, 0.29) is 19.6 Å². The molecular weight excluding hydrogens is 298 g/mol. The zero-order chi connectivity index (χ0) is 17.0. The fourth-order valence-corrected chi connectivity index (χ4v) is 2.41. The average Bonchev–Trinajstić information content (AvgIpc) is 2.86. The fraction of sp³-hybridized carbons (Fsp3) is 0.529. The first-order valence-corrected chi connectivity index (χ1v) is 7.64. The van der Waals surface area contributed by atoms with Crippen molar-refractivity contribution in [3.05, 3.63) is 35.9 Å². The van der Waals surface area contributed by atoms with Crippen LogP contribution in [0.4, 0.5) is 4.79 Å². The smallest absolute Gasteiger partial charge is 0.410 e. The van der Waals surface area contributed by atoms with Gasteiger partial charge in [0.1, 0.15) is 18.2 Å². The Hall–Kier alpha value is -2.08. The van der Waals surface area contributed by atoms with E-state index in [1.807, 2.05) is 30.3 Å². The number of likely N-dealkylation sites (tertiary alicyclic amines) is 1. The minimum absolute atomic E-state index is 0.0670. The van der Waals surface area contributed by atoms with E-state index in [2.05, 4.69) is 0 Å². The topological polar surface area (TPSA) is 76.1 Å². The third-order valence-electron chi connectivity index (χ3n) is 3.40. The maximum atomic E-state index is 12.2. The number of carbonyl (C=O) groups is 2. The number of amides is 1. The van der Waals surface area contributed by atoms with Gasteiger partial charge in [-0.15, -0.1) is 0 Å². The molecule has 1 N–H and O–H groups in total. The fourth-order valence-electron chi connectivity index (χ4n) is 2.41. The van der Waals surface area contributed by atoms with Crippen molar-refractivity contribution >= 4 is 12.1 Å². The lowest BCUT2D eigenvalue weighted by molar-refractivity contribution is -0.159. The Morgan fingerprint density at radius 1 is 1.26 bits per heavy atom. The molecule has 1 fully saturated rings. The first-order valence-electron chi connectivity index (χ1n) is 7.64. The molecule has 1 amide bonds. The number of benzene rings is 1. The highest BCUT2D eigenvalue weighted by Gasteiger charge is 2.41. The van der Waals surface area contributed by atoms with Crippen LogP contribution in [0.2, 0.25) is 0 Å². The highest BCUT2D eigenvalue weighted by Crippen LogP contribution is 2.22. The molecule has 2 atom stereocenters. The molecule has 1 heterocycles. The van der Waals surface area contributed by atoms with Gasteiger partial charge >= 0.3 is 12.1 Å². The van der Waals surface area contributed by atoms with E-state index in [0.717, 1.165) is 5.56 Å². The van der Waals surface area contributed by atoms with Gasteiger partial charge < -0.3 is 14.6 Å². The standard InChI is InChI=1S/C17H23NO5/c1-17(2,3)23-15(20)14-9-13(19)10-18(14)16(21)22-11-12-7-5-4-6-8-12/h4-8,13-14,19H,9-11H2,1-3H3/t13-,14+/m1/s1. The molecule has 6 heteroatoms. The molecule has 0 aromatic heterocycles. The lowest BCUT2D eigenvalue weighted by Crippen LogP contribution is -2.43. The second-order valence-electron chi connectivity index (χ2n) is 6.63. The quantitative estimate of drug-likeness (QED) is 0.863. The zero-order valence-corrected chi connectivity index (χ0v) is 13.7. The number of ether oxygens (including phenoxy) is 2. The molecule has 0 aliphatic carbocycles. The van der Waals surface area contributed by atoms with Gasteiger partial charge in [-0.1, -0.05) is 30.3 Å². The van der Waals surface area contributed by atoms with E-state index in [9.17, 15) is 14.7 Å². The van der Waals surface area contributed by atoms with E-state index in [0.29, 0.717) is 0 Å². The molecule has 1 aromatic rings. The highest BCUT2D eigenvalue weighted by molar-refractivity contribution is 5.82. The van der Waals surface area contributed by atoms with Gasteiger partial charge in [0.15, 0.2) is 0 Å². The number of rotatable bonds is 3. The van der Waals surface area contributed by atoms with E-state index in [1.54, 1.807) is 20.8 Å². The third kappa shape index (κ3) is 4.96. The van der Waals surface area contributed by atoms with Gasteiger partial charge in [-0.3, -0.25) is 4.90 Å². The maximum Gasteiger partial charge on any atom is 0.410 e. The first kappa shape index (κ1) is 17.3. The van der Waals surface area contributed by atoms with Crippen LogP contribution in [0.5, 0.6) is 0 Å². The normalized spacial score (nSPS) is 21.1. The van der Waals surface area contributed by atoms with Crippen molar-refractivity contribution in [1.82, 2.24) is 4.90 Å². The predicted molar refractivity (Wildman–Crippen MR) is 83.6 cm³/mol. The second-order valence-corrected chi connectivity index (χ2v) is 6.63. The number of aliphatic hydroxyl groups excluding tert-OH is 1. The Bertz CT molecular complexity index is 552. The molecule has 23 heavy (non-hydrogen) atoms. The van der Waals surface area contributed by atoms with Gasteiger partial charge in [0.05, 0.1) is 12.6 Å². The van der Waals surface area contributed by atoms with Gasteiger partial charge in [0.25, 0.3) is 0 Å². The van der Waals surface area contributed by atoms with E-state index in [1.165, 1.54) is 4.90 Å². The van der Waals surface area contributed by atoms with Crippen molar-refractivity contribution in [2.24, 2.45) is 0 Å². The maximum absolute atomic E-state index is 12.2. The average molecular weight is 321 g/mol. The van der Waals surface area contributed by atoms with Crippen LogP contribution in [0.3, 0.4) is 0 Å². The van der Waals surface area contributed by atoms with Gasteiger partial charge in [0.2, 0.25) is 0 Å². The summed E-state index contributed by atoms with van der Waals surface area (Å²) in [7, 11) is 0. The summed E-state index contributed by atoms with van der Waals surface area (Å²) < 4.78 is 10.6. The summed E-state index contributed by atoms with van der Waals surface area (Å²) in [5.74, 6) is -0.522. The third-order valence-corrected chi connectivity index (χ3v) is 3.40. The van der Waals surface area contributed by atoms with Crippen molar-refractivity contribution in [1.29, 1.82) is 0 Å². The van der Waals surface area contributed by atoms with Crippen LogP contribution in [0.15, 0.2) is 30.3 Å². The molecule has 0 saturated carbocycles. The molecule has 126 valence electrons. The van der Waals surface area contributed by atoms with E-state index in [4.69, 9.17) is 9.47 Å².